The molecule has 4 N–H and O–H groups in total. The van der Waals surface area contributed by atoms with E-state index in [9.17, 15) is 12.8 Å². The van der Waals surface area contributed by atoms with Gasteiger partial charge in [0.2, 0.25) is 10.0 Å². The van der Waals surface area contributed by atoms with Crippen LogP contribution >= 0.6 is 0 Å². The van der Waals surface area contributed by atoms with E-state index in [-0.39, 0.29) is 34.9 Å². The minimum atomic E-state index is -3.83. The van der Waals surface area contributed by atoms with Crippen molar-refractivity contribution in [2.45, 2.75) is 23.8 Å². The number of nitrogens with two attached hydrogens (primary N) is 1. The zero-order valence-electron chi connectivity index (χ0n) is 11.0. The van der Waals surface area contributed by atoms with Crippen LogP contribution in [0.15, 0.2) is 17.0 Å². The predicted octanol–water partition coefficient (Wildman–Crippen LogP) is 0.466. The van der Waals surface area contributed by atoms with Gasteiger partial charge in [-0.25, -0.2) is 17.5 Å². The number of ether oxygens (including phenoxy) is 1. The lowest BCUT2D eigenvalue weighted by Crippen LogP contribution is -2.38. The highest BCUT2D eigenvalue weighted by molar-refractivity contribution is 7.89. The molecular formula is C12H17FN2O4S. The summed E-state index contributed by atoms with van der Waals surface area (Å²) in [6.45, 7) is 0.215. The molecule has 0 spiro atoms. The van der Waals surface area contributed by atoms with Crippen LogP contribution in [-0.4, -0.2) is 33.3 Å². The molecule has 8 heteroatoms. The Bertz CT molecular complexity index is 576. The summed E-state index contributed by atoms with van der Waals surface area (Å²) in [5.41, 5.74) is 5.47. The Balaban J connectivity index is 2.13. The number of hydrogen-bond donors (Lipinski definition) is 3. The van der Waals surface area contributed by atoms with Gasteiger partial charge in [0.25, 0.3) is 0 Å². The van der Waals surface area contributed by atoms with E-state index in [1.165, 1.54) is 7.11 Å². The van der Waals surface area contributed by atoms with Crippen molar-refractivity contribution in [1.29, 1.82) is 0 Å². The van der Waals surface area contributed by atoms with Crippen molar-refractivity contribution in [2.24, 2.45) is 5.92 Å². The number of anilines is 1. The molecular weight excluding hydrogens is 287 g/mol. The van der Waals surface area contributed by atoms with E-state index in [0.29, 0.717) is 12.8 Å². The van der Waals surface area contributed by atoms with E-state index in [4.69, 9.17) is 15.6 Å². The van der Waals surface area contributed by atoms with Gasteiger partial charge < -0.3 is 15.6 Å². The number of aliphatic hydroxyl groups is 1. The number of nitrogen functional groups attached to an aromatic ring is 1. The Morgan fingerprint density at radius 1 is 1.50 bits per heavy atom. The molecule has 1 aliphatic rings. The molecule has 0 unspecified atom stereocenters. The monoisotopic (exact) mass is 304 g/mol. The van der Waals surface area contributed by atoms with Gasteiger partial charge in [-0.2, -0.15) is 0 Å². The van der Waals surface area contributed by atoms with Crippen molar-refractivity contribution in [1.82, 2.24) is 4.72 Å². The van der Waals surface area contributed by atoms with Gasteiger partial charge in [-0.1, -0.05) is 0 Å². The maximum atomic E-state index is 13.6. The fourth-order valence-corrected chi connectivity index (χ4v) is 3.30. The summed E-state index contributed by atoms with van der Waals surface area (Å²) in [6, 6.07) is 2.02. The maximum absolute atomic E-state index is 13.6. The van der Waals surface area contributed by atoms with Crippen LogP contribution in [0, 0.1) is 11.7 Å². The third-order valence-corrected chi connectivity index (χ3v) is 4.74. The van der Waals surface area contributed by atoms with Gasteiger partial charge in [-0.3, -0.25) is 0 Å². The zero-order valence-corrected chi connectivity index (χ0v) is 11.8. The Morgan fingerprint density at radius 2 is 2.15 bits per heavy atom. The van der Waals surface area contributed by atoms with Crippen molar-refractivity contribution in [3.63, 3.8) is 0 Å². The van der Waals surface area contributed by atoms with Crippen LogP contribution in [0.4, 0.5) is 10.1 Å². The summed E-state index contributed by atoms with van der Waals surface area (Å²) in [7, 11) is -2.57. The fraction of sp³-hybridized carbons (Fsp3) is 0.500. The molecule has 0 aromatic heterocycles. The van der Waals surface area contributed by atoms with Gasteiger partial charge in [0, 0.05) is 6.54 Å². The van der Waals surface area contributed by atoms with Gasteiger partial charge in [-0.15, -0.1) is 0 Å². The van der Waals surface area contributed by atoms with Crippen molar-refractivity contribution in [3.05, 3.63) is 17.9 Å². The first kappa shape index (κ1) is 15.0. The number of hydrogen-bond acceptors (Lipinski definition) is 5. The Morgan fingerprint density at radius 3 is 2.65 bits per heavy atom. The van der Waals surface area contributed by atoms with Crippen molar-refractivity contribution in [2.75, 3.05) is 19.4 Å². The molecule has 1 fully saturated rings. The Hall–Kier alpha value is -1.38. The van der Waals surface area contributed by atoms with Crippen molar-refractivity contribution < 1.29 is 22.7 Å². The smallest absolute Gasteiger partial charge is 0.240 e. The molecule has 1 aromatic rings. The van der Waals surface area contributed by atoms with Crippen LogP contribution in [-0.2, 0) is 10.0 Å². The van der Waals surface area contributed by atoms with Gasteiger partial charge in [0.15, 0.2) is 11.6 Å². The number of nitrogens with one attached hydrogen (secondary N) is 1. The highest BCUT2D eigenvalue weighted by Crippen LogP contribution is 2.29. The van der Waals surface area contributed by atoms with Gasteiger partial charge >= 0.3 is 0 Å². The van der Waals surface area contributed by atoms with Crippen LogP contribution in [0.1, 0.15) is 12.8 Å². The average molecular weight is 304 g/mol. The molecule has 1 aliphatic carbocycles. The molecule has 0 saturated heterocycles. The van der Waals surface area contributed by atoms with E-state index in [0.717, 1.165) is 12.1 Å². The van der Waals surface area contributed by atoms with E-state index in [1.807, 2.05) is 0 Å². The average Bonchev–Trinajstić information content (AvgIpc) is 2.33. The first-order valence-corrected chi connectivity index (χ1v) is 7.62. The fourth-order valence-electron chi connectivity index (χ4n) is 2.14. The van der Waals surface area contributed by atoms with E-state index >= 15 is 0 Å². The van der Waals surface area contributed by atoms with Crippen LogP contribution < -0.4 is 15.2 Å². The normalized spacial score (nSPS) is 22.4. The molecule has 20 heavy (non-hydrogen) atoms. The van der Waals surface area contributed by atoms with E-state index in [1.54, 1.807) is 0 Å². The number of rotatable bonds is 5. The summed E-state index contributed by atoms with van der Waals surface area (Å²) in [6.07, 6.45) is 0.794. The number of sulfonamides is 1. The molecule has 112 valence electrons. The third-order valence-electron chi connectivity index (χ3n) is 3.33. The van der Waals surface area contributed by atoms with Gasteiger partial charge in [0.05, 0.1) is 23.8 Å². The number of halogens is 1. The standard InChI is InChI=1S/C12H17FN2O4S/c1-19-12-10(13)4-9(5-11(12)14)20(17,18)15-6-7-2-8(16)3-7/h4-5,7-8,15-16H,2-3,6,14H2,1H3. The lowest BCUT2D eigenvalue weighted by molar-refractivity contribution is 0.0453. The van der Waals surface area contributed by atoms with E-state index < -0.39 is 15.8 Å². The molecule has 6 nitrogen and oxygen atoms in total. The van der Waals surface area contributed by atoms with Gasteiger partial charge in [0.1, 0.15) is 0 Å². The molecule has 0 heterocycles. The molecule has 0 atom stereocenters. The second kappa shape index (κ2) is 5.55. The zero-order chi connectivity index (χ0) is 14.9. The third kappa shape index (κ3) is 3.02. The molecule has 0 radical (unpaired) electrons. The first-order chi connectivity index (χ1) is 9.33. The van der Waals surface area contributed by atoms with Crippen LogP contribution in [0.3, 0.4) is 0 Å². The molecule has 2 rings (SSSR count). The molecule has 0 bridgehead atoms. The molecule has 0 amide bonds. The second-order valence-corrected chi connectivity index (χ2v) is 6.64. The minimum absolute atomic E-state index is 0.0769. The Labute approximate surface area is 116 Å². The summed E-state index contributed by atoms with van der Waals surface area (Å²) >= 11 is 0. The minimum Gasteiger partial charge on any atom is -0.492 e. The van der Waals surface area contributed by atoms with Crippen LogP contribution in [0.2, 0.25) is 0 Å². The maximum Gasteiger partial charge on any atom is 0.240 e. The largest absolute Gasteiger partial charge is 0.492 e. The quantitative estimate of drug-likeness (QED) is 0.686. The number of aliphatic hydroxyl groups excluding tert-OH is 1. The highest BCUT2D eigenvalue weighted by Gasteiger charge is 2.28. The number of benzene rings is 1. The summed E-state index contributed by atoms with van der Waals surface area (Å²) < 4.78 is 44.8. The second-order valence-electron chi connectivity index (χ2n) is 4.87. The van der Waals surface area contributed by atoms with Crippen LogP contribution in [0.25, 0.3) is 0 Å². The lowest BCUT2D eigenvalue weighted by Gasteiger charge is -2.31. The topological polar surface area (TPSA) is 102 Å². The molecule has 1 saturated carbocycles. The highest BCUT2D eigenvalue weighted by atomic mass is 32.2. The summed E-state index contributed by atoms with van der Waals surface area (Å²) in [5.74, 6) is -0.891. The number of methoxy groups -OCH3 is 1. The summed E-state index contributed by atoms with van der Waals surface area (Å²) in [5, 5.41) is 9.14. The Kier molecular flexibility index (Phi) is 4.17. The molecule has 1 aromatic carbocycles. The lowest BCUT2D eigenvalue weighted by atomic mass is 9.83. The SMILES string of the molecule is COc1c(N)cc(S(=O)(=O)NCC2CC(O)C2)cc1F. The van der Waals surface area contributed by atoms with Gasteiger partial charge in [-0.05, 0) is 30.9 Å². The summed E-state index contributed by atoms with van der Waals surface area (Å²) in [4.78, 5) is -0.242. The molecule has 0 aliphatic heterocycles. The van der Waals surface area contributed by atoms with Crippen LogP contribution in [0.5, 0.6) is 5.75 Å². The van der Waals surface area contributed by atoms with E-state index in [2.05, 4.69) is 4.72 Å². The van der Waals surface area contributed by atoms with Crippen molar-refractivity contribution >= 4 is 15.7 Å². The first-order valence-electron chi connectivity index (χ1n) is 6.14. The van der Waals surface area contributed by atoms with Crippen molar-refractivity contribution in [3.8, 4) is 5.75 Å². The predicted molar refractivity (Wildman–Crippen MR) is 71.3 cm³/mol.